The molecule has 3 aromatic rings. The maximum Gasteiger partial charge on any atom is 0.141 e. The van der Waals surface area contributed by atoms with Crippen LogP contribution in [0.1, 0.15) is 40.5 Å². The Hall–Kier alpha value is -3.09. The minimum atomic E-state index is -0.225. The van der Waals surface area contributed by atoms with E-state index in [1.54, 1.807) is 12.5 Å². The summed E-state index contributed by atoms with van der Waals surface area (Å²) in [5.41, 5.74) is 2.38. The first-order chi connectivity index (χ1) is 14.7. The van der Waals surface area contributed by atoms with E-state index in [4.69, 9.17) is 15.2 Å². The number of carbonyl (C=O) groups excluding carboxylic acids is 1. The van der Waals surface area contributed by atoms with Gasteiger partial charge in [0.2, 0.25) is 0 Å². The molecule has 0 saturated carbocycles. The Bertz CT molecular complexity index is 879. The summed E-state index contributed by atoms with van der Waals surface area (Å²) in [6, 6.07) is 4.21. The molecule has 0 bridgehead atoms. The zero-order valence-electron chi connectivity index (χ0n) is 18.5. The highest BCUT2D eigenvalue weighted by Crippen LogP contribution is 2.29. The summed E-state index contributed by atoms with van der Waals surface area (Å²) in [4.78, 5) is 19.6. The van der Waals surface area contributed by atoms with Crippen LogP contribution in [0.3, 0.4) is 0 Å². The average Bonchev–Trinajstić information content (AvgIpc) is 3.45. The van der Waals surface area contributed by atoms with Gasteiger partial charge in [0, 0.05) is 43.5 Å². The van der Waals surface area contributed by atoms with E-state index >= 15 is 0 Å². The van der Waals surface area contributed by atoms with Crippen molar-refractivity contribution in [2.45, 2.75) is 46.1 Å². The van der Waals surface area contributed by atoms with Gasteiger partial charge in [0.1, 0.15) is 24.3 Å². The quantitative estimate of drug-likeness (QED) is 0.599. The highest BCUT2D eigenvalue weighted by atomic mass is 16.2. The molecule has 1 saturated heterocycles. The third-order valence-electron chi connectivity index (χ3n) is 4.01. The molecule has 9 nitrogen and oxygen atoms in total. The van der Waals surface area contributed by atoms with Crippen molar-refractivity contribution in [1.29, 1.82) is 5.26 Å². The number of rotatable bonds is 3. The van der Waals surface area contributed by atoms with Crippen LogP contribution in [0, 0.1) is 11.3 Å². The van der Waals surface area contributed by atoms with Crippen molar-refractivity contribution in [1.82, 2.24) is 30.0 Å². The van der Waals surface area contributed by atoms with E-state index in [0.717, 1.165) is 42.5 Å². The summed E-state index contributed by atoms with van der Waals surface area (Å²) >= 11 is 0. The molecule has 1 fully saturated rings. The number of fused-ring (bicyclic) bond motifs is 1. The number of nitrogens with zero attached hydrogens (tertiary/aromatic N) is 5. The summed E-state index contributed by atoms with van der Waals surface area (Å²) in [6.45, 7) is 11.8. The molecule has 1 aliphatic heterocycles. The molecule has 9 heteroatoms. The predicted octanol–water partition coefficient (Wildman–Crippen LogP) is 2.90. The normalized spacial score (nSPS) is 12.7. The van der Waals surface area contributed by atoms with E-state index in [2.05, 4.69) is 45.3 Å². The fourth-order valence-electron chi connectivity index (χ4n) is 2.74. The summed E-state index contributed by atoms with van der Waals surface area (Å²) < 4.78 is 1.89. The van der Waals surface area contributed by atoms with Crippen LogP contribution in [-0.4, -0.2) is 56.8 Å². The topological polar surface area (TPSA) is 133 Å². The van der Waals surface area contributed by atoms with E-state index in [9.17, 15) is 0 Å². The fourth-order valence-corrected chi connectivity index (χ4v) is 2.74. The highest BCUT2D eigenvalue weighted by Gasteiger charge is 2.39. The number of H-pyrrole nitrogens is 1. The molecular weight excluding hydrogens is 382 g/mol. The van der Waals surface area contributed by atoms with Gasteiger partial charge in [-0.2, -0.15) is 10.4 Å². The summed E-state index contributed by atoms with van der Waals surface area (Å²) in [5.74, 6) is 0. The number of aliphatic hydroxyl groups is 1. The third kappa shape index (κ3) is 6.20. The van der Waals surface area contributed by atoms with Gasteiger partial charge >= 0.3 is 0 Å². The largest absolute Gasteiger partial charge is 0.400 e. The molecule has 4 heterocycles. The Labute approximate surface area is 178 Å². The number of carbonyl (C=O) groups is 1. The molecule has 3 aromatic heterocycles. The van der Waals surface area contributed by atoms with E-state index in [-0.39, 0.29) is 5.54 Å². The summed E-state index contributed by atoms with van der Waals surface area (Å²) in [5, 5.41) is 24.7. The zero-order chi connectivity index (χ0) is 23.0. The van der Waals surface area contributed by atoms with Crippen LogP contribution in [0.5, 0.6) is 0 Å². The van der Waals surface area contributed by atoms with Crippen molar-refractivity contribution in [3.8, 4) is 17.3 Å². The second kappa shape index (κ2) is 14.8. The minimum absolute atomic E-state index is 0.225. The van der Waals surface area contributed by atoms with Crippen LogP contribution in [0.25, 0.3) is 22.3 Å². The van der Waals surface area contributed by atoms with Crippen LogP contribution in [0.4, 0.5) is 0 Å². The Balaban J connectivity index is 0.000000826. The Morgan fingerprint density at radius 2 is 1.90 bits per heavy atom. The average molecular weight is 416 g/mol. The maximum atomic E-state index is 9.02. The molecule has 0 radical (unpaired) electrons. The maximum absolute atomic E-state index is 9.02. The molecule has 0 aromatic carbocycles. The lowest BCUT2D eigenvalue weighted by atomic mass is 9.89. The van der Waals surface area contributed by atoms with Crippen LogP contribution in [0.15, 0.2) is 31.0 Å². The Morgan fingerprint density at radius 1 is 1.27 bits per heavy atom. The van der Waals surface area contributed by atoms with Gasteiger partial charge in [0.15, 0.2) is 0 Å². The van der Waals surface area contributed by atoms with Gasteiger partial charge in [0.25, 0.3) is 0 Å². The Kier molecular flexibility index (Phi) is 13.3. The summed E-state index contributed by atoms with van der Waals surface area (Å²) in [6.07, 6.45) is 8.85. The highest BCUT2D eigenvalue weighted by molar-refractivity contribution is 5.89. The molecule has 0 spiro atoms. The SMILES string of the molecule is C=O.CC.CCC.CO.N#CCC1(n2cc(-c3ncnc4[nH]ccc34)cn2)CNC1. The van der Waals surface area contributed by atoms with Gasteiger partial charge < -0.3 is 20.2 Å². The molecule has 164 valence electrons. The van der Waals surface area contributed by atoms with E-state index in [1.807, 2.05) is 43.8 Å². The smallest absolute Gasteiger partial charge is 0.141 e. The second-order valence-corrected chi connectivity index (χ2v) is 6.01. The van der Waals surface area contributed by atoms with Crippen LogP contribution < -0.4 is 5.32 Å². The number of aromatic amines is 1. The van der Waals surface area contributed by atoms with Gasteiger partial charge in [0.05, 0.1) is 24.4 Å². The van der Waals surface area contributed by atoms with Crippen LogP contribution >= 0.6 is 0 Å². The van der Waals surface area contributed by atoms with Crippen molar-refractivity contribution >= 4 is 17.8 Å². The van der Waals surface area contributed by atoms with Crippen molar-refractivity contribution in [3.63, 3.8) is 0 Å². The third-order valence-corrected chi connectivity index (χ3v) is 4.01. The number of aromatic nitrogens is 5. The first kappa shape index (κ1) is 26.9. The molecule has 1 aliphatic rings. The lowest BCUT2D eigenvalue weighted by Crippen LogP contribution is -2.60. The second-order valence-electron chi connectivity index (χ2n) is 6.01. The zero-order valence-corrected chi connectivity index (χ0v) is 18.5. The van der Waals surface area contributed by atoms with Crippen LogP contribution in [-0.2, 0) is 10.3 Å². The van der Waals surface area contributed by atoms with Gasteiger partial charge in [-0.25, -0.2) is 9.97 Å². The number of nitrogens with one attached hydrogen (secondary N) is 2. The standard InChI is InChI=1S/C14H13N7.C3H8.C2H6.CH4O.CH2O/c15-3-2-14(7-16-8-14)21-6-10(5-20-21)12-11-1-4-17-13(11)19-9-18-12;1-3-2;3*1-2/h1,4-6,9,16H,2,7-8H2,(H,17,18,19);3H2,1-2H3;1-2H3;2H,1H3;1H2. The molecular formula is C21H33N7O2. The van der Waals surface area contributed by atoms with Crippen LogP contribution in [0.2, 0.25) is 0 Å². The predicted molar refractivity (Wildman–Crippen MR) is 119 cm³/mol. The number of aliphatic hydroxyl groups excluding tert-OH is 1. The molecule has 0 amide bonds. The molecule has 0 aliphatic carbocycles. The van der Waals surface area contributed by atoms with E-state index in [0.29, 0.717) is 6.42 Å². The van der Waals surface area contributed by atoms with Crippen molar-refractivity contribution in [3.05, 3.63) is 31.0 Å². The Morgan fingerprint density at radius 3 is 2.43 bits per heavy atom. The van der Waals surface area contributed by atoms with Gasteiger partial charge in [-0.15, -0.1) is 0 Å². The molecule has 3 N–H and O–H groups in total. The van der Waals surface area contributed by atoms with E-state index < -0.39 is 0 Å². The molecule has 30 heavy (non-hydrogen) atoms. The van der Waals surface area contributed by atoms with Crippen molar-refractivity contribution < 1.29 is 9.90 Å². The summed E-state index contributed by atoms with van der Waals surface area (Å²) in [7, 11) is 1.00. The molecule has 0 unspecified atom stereocenters. The molecule has 0 atom stereocenters. The van der Waals surface area contributed by atoms with E-state index in [1.165, 1.54) is 6.42 Å². The lowest BCUT2D eigenvalue weighted by molar-refractivity contribution is -0.0979. The first-order valence-corrected chi connectivity index (χ1v) is 9.89. The van der Waals surface area contributed by atoms with Crippen molar-refractivity contribution in [2.24, 2.45) is 0 Å². The van der Waals surface area contributed by atoms with Gasteiger partial charge in [-0.1, -0.05) is 34.1 Å². The fraction of sp³-hybridized carbons (Fsp3) is 0.476. The van der Waals surface area contributed by atoms with Crippen molar-refractivity contribution in [2.75, 3.05) is 20.2 Å². The minimum Gasteiger partial charge on any atom is -0.400 e. The lowest BCUT2D eigenvalue weighted by Gasteiger charge is -2.41. The molecule has 4 rings (SSSR count). The number of hydrogen-bond donors (Lipinski definition) is 3. The monoisotopic (exact) mass is 415 g/mol. The number of hydrogen-bond acceptors (Lipinski definition) is 7. The van der Waals surface area contributed by atoms with Gasteiger partial charge in [-0.05, 0) is 6.07 Å². The number of nitriles is 1. The first-order valence-electron chi connectivity index (χ1n) is 9.89. The van der Waals surface area contributed by atoms with Gasteiger partial charge in [-0.3, -0.25) is 4.68 Å².